The summed E-state index contributed by atoms with van der Waals surface area (Å²) in [7, 11) is 0. The van der Waals surface area contributed by atoms with Crippen molar-refractivity contribution in [3.05, 3.63) is 12.2 Å². The first-order chi connectivity index (χ1) is 8.84. The van der Waals surface area contributed by atoms with E-state index in [-0.39, 0.29) is 18.6 Å². The fourth-order valence-electron chi connectivity index (χ4n) is 1.88. The first kappa shape index (κ1) is 13.0. The highest BCUT2D eigenvalue weighted by Gasteiger charge is 2.14. The van der Waals surface area contributed by atoms with E-state index < -0.39 is 0 Å². The molecule has 0 radical (unpaired) electrons. The van der Waals surface area contributed by atoms with Gasteiger partial charge in [0.1, 0.15) is 18.8 Å². The largest absolute Gasteiger partial charge is 0.368 e. The molecule has 1 saturated heterocycles. The molecule has 7 heteroatoms. The second-order valence-corrected chi connectivity index (χ2v) is 4.29. The zero-order valence-electron chi connectivity index (χ0n) is 10.3. The number of carbonyl (C=O) groups excluding carboxylic acids is 1. The van der Waals surface area contributed by atoms with Crippen molar-refractivity contribution < 1.29 is 9.53 Å². The van der Waals surface area contributed by atoms with Crippen molar-refractivity contribution in [2.75, 3.05) is 26.2 Å². The monoisotopic (exact) mass is 253 g/mol. The molecule has 18 heavy (non-hydrogen) atoms. The maximum atomic E-state index is 11.5. The summed E-state index contributed by atoms with van der Waals surface area (Å²) >= 11 is 0. The van der Waals surface area contributed by atoms with E-state index >= 15 is 0 Å². The van der Waals surface area contributed by atoms with E-state index in [1.54, 1.807) is 0 Å². The summed E-state index contributed by atoms with van der Waals surface area (Å²) in [5.74, 6) is 0.697. The topological polar surface area (TPSA) is 91.9 Å². The Bertz CT molecular complexity index is 348. The quantitative estimate of drug-likeness (QED) is 0.619. The molecular weight excluding hydrogens is 234 g/mol. The molecule has 0 unspecified atom stereocenters. The summed E-state index contributed by atoms with van der Waals surface area (Å²) in [6, 6.07) is 0. The minimum Gasteiger partial charge on any atom is -0.368 e. The summed E-state index contributed by atoms with van der Waals surface area (Å²) in [6.07, 6.45) is 4.28. The molecule has 2 rings (SSSR count). The molecule has 0 saturated carbocycles. The second kappa shape index (κ2) is 7.07. The average molecular weight is 253 g/mol. The number of aromatic amines is 1. The molecule has 0 spiro atoms. The molecule has 1 aromatic heterocycles. The van der Waals surface area contributed by atoms with Crippen LogP contribution in [0.4, 0.5) is 0 Å². The lowest BCUT2D eigenvalue weighted by Crippen LogP contribution is -2.36. The van der Waals surface area contributed by atoms with Gasteiger partial charge in [0.25, 0.3) is 0 Å². The Labute approximate surface area is 106 Å². The Morgan fingerprint density at radius 3 is 3.06 bits per heavy atom. The van der Waals surface area contributed by atoms with Crippen molar-refractivity contribution in [3.63, 3.8) is 0 Å². The Morgan fingerprint density at radius 2 is 2.33 bits per heavy atom. The highest BCUT2D eigenvalue weighted by molar-refractivity contribution is 5.77. The molecule has 100 valence electrons. The molecule has 0 atom stereocenters. The first-order valence-electron chi connectivity index (χ1n) is 6.28. The van der Waals surface area contributed by atoms with Gasteiger partial charge in [-0.3, -0.25) is 9.89 Å². The number of ether oxygens (including phenoxy) is 1. The molecule has 1 aliphatic heterocycles. The lowest BCUT2D eigenvalue weighted by molar-refractivity contribution is -0.128. The number of rotatable bonds is 6. The second-order valence-electron chi connectivity index (χ2n) is 4.29. The predicted octanol–water partition coefficient (Wildman–Crippen LogP) is -0.768. The molecule has 1 fully saturated rings. The zero-order valence-corrected chi connectivity index (χ0v) is 10.3. The normalized spacial score (nSPS) is 16.7. The zero-order chi connectivity index (χ0) is 12.6. The van der Waals surface area contributed by atoms with E-state index in [0.29, 0.717) is 13.0 Å². The number of carbonyl (C=O) groups is 1. The van der Waals surface area contributed by atoms with Gasteiger partial charge in [-0.05, 0) is 25.9 Å². The summed E-state index contributed by atoms with van der Waals surface area (Å²) in [5.41, 5.74) is 0. The highest BCUT2D eigenvalue weighted by atomic mass is 16.5. The van der Waals surface area contributed by atoms with Crippen molar-refractivity contribution in [1.29, 1.82) is 0 Å². The van der Waals surface area contributed by atoms with Gasteiger partial charge < -0.3 is 15.4 Å². The van der Waals surface area contributed by atoms with Crippen LogP contribution in [0, 0.1) is 0 Å². The molecular formula is C11H19N5O2. The minimum atomic E-state index is -0.0759. The Hall–Kier alpha value is -1.47. The molecule has 2 heterocycles. The number of nitrogens with zero attached hydrogens (tertiary/aromatic N) is 2. The van der Waals surface area contributed by atoms with Gasteiger partial charge in [-0.2, -0.15) is 5.10 Å². The van der Waals surface area contributed by atoms with Crippen LogP contribution in [0.3, 0.4) is 0 Å². The number of nitrogens with one attached hydrogen (secondary N) is 3. The van der Waals surface area contributed by atoms with Gasteiger partial charge in [0, 0.05) is 13.0 Å². The van der Waals surface area contributed by atoms with Crippen LogP contribution < -0.4 is 10.6 Å². The number of hydrogen-bond donors (Lipinski definition) is 3. The third-order valence-corrected chi connectivity index (χ3v) is 2.89. The number of H-pyrrole nitrogens is 1. The van der Waals surface area contributed by atoms with E-state index in [1.807, 2.05) is 0 Å². The van der Waals surface area contributed by atoms with Gasteiger partial charge >= 0.3 is 0 Å². The molecule has 0 aromatic carbocycles. The summed E-state index contributed by atoms with van der Waals surface area (Å²) in [5, 5.41) is 12.5. The van der Waals surface area contributed by atoms with Gasteiger partial charge in [-0.25, -0.2) is 4.98 Å². The fraction of sp³-hybridized carbons (Fsp3) is 0.727. The molecule has 0 bridgehead atoms. The summed E-state index contributed by atoms with van der Waals surface area (Å²) < 4.78 is 5.54. The van der Waals surface area contributed by atoms with Gasteiger partial charge in [0.05, 0.1) is 6.10 Å². The van der Waals surface area contributed by atoms with Crippen molar-refractivity contribution in [1.82, 2.24) is 25.8 Å². The molecule has 0 aliphatic carbocycles. The number of hydrogen-bond acceptors (Lipinski definition) is 5. The van der Waals surface area contributed by atoms with Crippen LogP contribution in [0.25, 0.3) is 0 Å². The van der Waals surface area contributed by atoms with Gasteiger partial charge in [-0.1, -0.05) is 0 Å². The van der Waals surface area contributed by atoms with Gasteiger partial charge in [-0.15, -0.1) is 0 Å². The highest BCUT2D eigenvalue weighted by Crippen LogP contribution is 2.06. The summed E-state index contributed by atoms with van der Waals surface area (Å²) in [6.45, 7) is 2.63. The van der Waals surface area contributed by atoms with Crippen LogP contribution in [0.2, 0.25) is 0 Å². The lowest BCUT2D eigenvalue weighted by atomic mass is 10.1. The molecule has 1 aromatic rings. The Kier molecular flexibility index (Phi) is 5.10. The third-order valence-electron chi connectivity index (χ3n) is 2.89. The standard InChI is InChI=1S/C11H19N5O2/c17-11(7-18-9-1-4-12-5-2-9)13-6-3-10-14-8-15-16-10/h8-9,12H,1-7H2,(H,13,17)(H,14,15,16). The molecule has 1 amide bonds. The SMILES string of the molecule is O=C(COC1CCNCC1)NCCc1ncn[nH]1. The van der Waals surface area contributed by atoms with Crippen LogP contribution in [0.1, 0.15) is 18.7 Å². The maximum absolute atomic E-state index is 11.5. The Balaban J connectivity index is 1.54. The Morgan fingerprint density at radius 1 is 1.50 bits per heavy atom. The van der Waals surface area contributed by atoms with E-state index in [0.717, 1.165) is 31.8 Å². The first-order valence-corrected chi connectivity index (χ1v) is 6.28. The summed E-state index contributed by atoms with van der Waals surface area (Å²) in [4.78, 5) is 15.5. The van der Waals surface area contributed by atoms with E-state index in [1.165, 1.54) is 6.33 Å². The van der Waals surface area contributed by atoms with Gasteiger partial charge in [0.15, 0.2) is 0 Å². The number of aromatic nitrogens is 3. The van der Waals surface area contributed by atoms with Crippen LogP contribution >= 0.6 is 0 Å². The van der Waals surface area contributed by atoms with E-state index in [2.05, 4.69) is 25.8 Å². The van der Waals surface area contributed by atoms with Crippen molar-refractivity contribution in [2.45, 2.75) is 25.4 Å². The average Bonchev–Trinajstić information content (AvgIpc) is 2.91. The molecule has 1 aliphatic rings. The van der Waals surface area contributed by atoms with Crippen molar-refractivity contribution in [2.24, 2.45) is 0 Å². The number of amides is 1. The predicted molar refractivity (Wildman–Crippen MR) is 64.9 cm³/mol. The van der Waals surface area contributed by atoms with Gasteiger partial charge in [0.2, 0.25) is 5.91 Å². The smallest absolute Gasteiger partial charge is 0.246 e. The molecule has 7 nitrogen and oxygen atoms in total. The van der Waals surface area contributed by atoms with Crippen LogP contribution in [-0.2, 0) is 16.0 Å². The molecule has 3 N–H and O–H groups in total. The van der Waals surface area contributed by atoms with Crippen LogP contribution in [0.5, 0.6) is 0 Å². The lowest BCUT2D eigenvalue weighted by Gasteiger charge is -2.22. The third kappa shape index (κ3) is 4.42. The van der Waals surface area contributed by atoms with Crippen LogP contribution in [0.15, 0.2) is 6.33 Å². The van der Waals surface area contributed by atoms with Crippen molar-refractivity contribution >= 4 is 5.91 Å². The van der Waals surface area contributed by atoms with Crippen molar-refractivity contribution in [3.8, 4) is 0 Å². The van der Waals surface area contributed by atoms with E-state index in [4.69, 9.17) is 4.74 Å². The van der Waals surface area contributed by atoms with Crippen LogP contribution in [-0.4, -0.2) is 53.4 Å². The minimum absolute atomic E-state index is 0.0759. The number of piperidine rings is 1. The maximum Gasteiger partial charge on any atom is 0.246 e. The fourth-order valence-corrected chi connectivity index (χ4v) is 1.88. The van der Waals surface area contributed by atoms with E-state index in [9.17, 15) is 4.79 Å².